The number of hydrogen-bond acceptors (Lipinski definition) is 3. The molecule has 3 aromatic carbocycles. The van der Waals surface area contributed by atoms with E-state index in [0.29, 0.717) is 30.2 Å². The predicted octanol–water partition coefficient (Wildman–Crippen LogP) is 6.05. The molecule has 3 rings (SSSR count). The highest BCUT2D eigenvalue weighted by Crippen LogP contribution is 2.38. The van der Waals surface area contributed by atoms with E-state index in [1.54, 1.807) is 12.1 Å². The van der Waals surface area contributed by atoms with E-state index in [1.165, 1.54) is 36.4 Å². The minimum Gasteiger partial charge on any atom is -0.486 e. The number of alkyl halides is 2. The van der Waals surface area contributed by atoms with Crippen LogP contribution < -0.4 is 10.1 Å². The van der Waals surface area contributed by atoms with Crippen molar-refractivity contribution in [1.82, 2.24) is 5.32 Å². The van der Waals surface area contributed by atoms with Crippen LogP contribution in [0.3, 0.4) is 0 Å². The second-order valence-electron chi connectivity index (χ2n) is 7.34. The molecule has 0 aliphatic rings. The lowest BCUT2D eigenvalue weighted by Crippen LogP contribution is -2.24. The monoisotopic (exact) mass is 459 g/mol. The lowest BCUT2D eigenvalue weighted by Gasteiger charge is -2.22. The fraction of sp³-hybridized carbons (Fsp3) is 0.240. The van der Waals surface area contributed by atoms with Gasteiger partial charge in [-0.2, -0.15) is 8.78 Å². The predicted molar refractivity (Wildman–Crippen MR) is 120 cm³/mol. The number of halogens is 3. The molecule has 0 fully saturated rings. The second-order valence-corrected chi connectivity index (χ2v) is 7.78. The topological polar surface area (TPSA) is 58.6 Å². The summed E-state index contributed by atoms with van der Waals surface area (Å²) in [5, 5.41) is 12.0. The first-order chi connectivity index (χ1) is 15.4. The molecule has 0 aliphatic heterocycles. The molecule has 1 atom stereocenters. The van der Waals surface area contributed by atoms with Crippen molar-refractivity contribution in [1.29, 1.82) is 0 Å². The summed E-state index contributed by atoms with van der Waals surface area (Å²) in [6.45, 7) is 0.395. The Kier molecular flexibility index (Phi) is 8.20. The van der Waals surface area contributed by atoms with Gasteiger partial charge in [0.25, 0.3) is 5.92 Å². The van der Waals surface area contributed by atoms with Crippen LogP contribution in [0, 0.1) is 0 Å². The molecule has 0 saturated carbocycles. The smallest absolute Gasteiger partial charge is 0.317 e. The van der Waals surface area contributed by atoms with Crippen LogP contribution >= 0.6 is 11.6 Å². The van der Waals surface area contributed by atoms with Crippen LogP contribution in [0.4, 0.5) is 8.78 Å². The van der Waals surface area contributed by atoms with Crippen LogP contribution in [-0.4, -0.2) is 24.2 Å². The van der Waals surface area contributed by atoms with Gasteiger partial charge in [0.2, 0.25) is 0 Å². The summed E-state index contributed by atoms with van der Waals surface area (Å²) < 4.78 is 36.2. The zero-order chi connectivity index (χ0) is 23.0. The van der Waals surface area contributed by atoms with Gasteiger partial charge in [0, 0.05) is 16.1 Å². The first-order valence-electron chi connectivity index (χ1n) is 10.2. The van der Waals surface area contributed by atoms with E-state index >= 15 is 8.78 Å². The van der Waals surface area contributed by atoms with Gasteiger partial charge in [-0.3, -0.25) is 4.79 Å². The minimum atomic E-state index is -3.20. The van der Waals surface area contributed by atoms with Gasteiger partial charge in [-0.05, 0) is 49.2 Å². The number of rotatable bonds is 11. The molecule has 0 aliphatic carbocycles. The molecule has 4 nitrogen and oxygen atoms in total. The van der Waals surface area contributed by atoms with E-state index in [0.717, 1.165) is 5.56 Å². The van der Waals surface area contributed by atoms with E-state index in [4.69, 9.17) is 21.4 Å². The fourth-order valence-electron chi connectivity index (χ4n) is 3.32. The molecule has 0 saturated heterocycles. The van der Waals surface area contributed by atoms with Gasteiger partial charge in [0.05, 0.1) is 6.54 Å². The van der Waals surface area contributed by atoms with Gasteiger partial charge in [-0.25, -0.2) is 0 Å². The van der Waals surface area contributed by atoms with Crippen molar-refractivity contribution in [2.24, 2.45) is 0 Å². The fourth-order valence-corrected chi connectivity index (χ4v) is 3.45. The van der Waals surface area contributed by atoms with E-state index in [9.17, 15) is 4.79 Å². The quantitative estimate of drug-likeness (QED) is 0.342. The summed E-state index contributed by atoms with van der Waals surface area (Å²) in [6, 6.07) is 20.9. The number of carbonyl (C=O) groups is 1. The van der Waals surface area contributed by atoms with Crippen molar-refractivity contribution in [2.75, 3.05) is 13.1 Å². The number of ether oxygens (including phenoxy) is 1. The molecule has 1 unspecified atom stereocenters. The average Bonchev–Trinajstić information content (AvgIpc) is 2.79. The highest BCUT2D eigenvalue weighted by atomic mass is 35.5. The first kappa shape index (κ1) is 23.7. The van der Waals surface area contributed by atoms with Crippen molar-refractivity contribution < 1.29 is 23.4 Å². The Hall–Kier alpha value is -2.96. The number of hydrogen-bond donors (Lipinski definition) is 2. The Morgan fingerprint density at radius 2 is 1.72 bits per heavy atom. The van der Waals surface area contributed by atoms with Crippen LogP contribution in [0.15, 0.2) is 78.9 Å². The van der Waals surface area contributed by atoms with Crippen LogP contribution in [0.25, 0.3) is 0 Å². The molecular formula is C25H24ClF2NO3. The molecule has 2 N–H and O–H groups in total. The zero-order valence-electron chi connectivity index (χ0n) is 17.3. The van der Waals surface area contributed by atoms with Crippen molar-refractivity contribution in [2.45, 2.75) is 24.9 Å². The highest BCUT2D eigenvalue weighted by molar-refractivity contribution is 6.30. The minimum absolute atomic E-state index is 0.112. The van der Waals surface area contributed by atoms with E-state index in [-0.39, 0.29) is 23.8 Å². The van der Waals surface area contributed by atoms with Crippen LogP contribution in [0.1, 0.15) is 35.6 Å². The van der Waals surface area contributed by atoms with Crippen molar-refractivity contribution in [3.8, 4) is 5.75 Å². The van der Waals surface area contributed by atoms with E-state index in [1.807, 2.05) is 30.3 Å². The third-order valence-electron chi connectivity index (χ3n) is 4.95. The van der Waals surface area contributed by atoms with Gasteiger partial charge < -0.3 is 15.2 Å². The average molecular weight is 460 g/mol. The Bertz CT molecular complexity index is 1010. The molecule has 0 radical (unpaired) electrons. The lowest BCUT2D eigenvalue weighted by atomic mass is 10.00. The molecule has 3 aromatic rings. The summed E-state index contributed by atoms with van der Waals surface area (Å²) in [7, 11) is 0. The molecular weight excluding hydrogens is 436 g/mol. The normalized spacial score (nSPS) is 12.3. The maximum atomic E-state index is 15.1. The van der Waals surface area contributed by atoms with Gasteiger partial charge in [0.15, 0.2) is 0 Å². The molecule has 0 amide bonds. The molecule has 0 heterocycles. The summed E-state index contributed by atoms with van der Waals surface area (Å²) in [5.41, 5.74) is 0.594. The molecule has 0 aromatic heterocycles. The maximum absolute atomic E-state index is 15.1. The number of carboxylic acids is 1. The summed E-state index contributed by atoms with van der Waals surface area (Å²) in [6.07, 6.45) is 0.893. The van der Waals surface area contributed by atoms with Crippen LogP contribution in [0.5, 0.6) is 5.75 Å². The Morgan fingerprint density at radius 1 is 1.00 bits per heavy atom. The number of carboxylic acid groups (broad SMARTS) is 1. The molecule has 7 heteroatoms. The summed E-state index contributed by atoms with van der Waals surface area (Å²) in [4.78, 5) is 10.6. The molecule has 0 bridgehead atoms. The third kappa shape index (κ3) is 6.52. The molecule has 0 spiro atoms. The Morgan fingerprint density at radius 3 is 2.41 bits per heavy atom. The number of aliphatic carboxylic acids is 1. The standard InChI is InChI=1S/C25H24ClF2NO3/c26-21-13-11-19(12-14-21)25(27,28)20-8-4-9-22(16-20)32-23(18-6-2-1-3-7-18)10-5-15-29-17-24(30)31/h1-4,6-9,11-14,16,23,29H,5,10,15,17H2,(H,30,31). The van der Waals surface area contributed by atoms with E-state index in [2.05, 4.69) is 5.32 Å². The van der Waals surface area contributed by atoms with Gasteiger partial charge in [-0.15, -0.1) is 0 Å². The van der Waals surface area contributed by atoms with Crippen molar-refractivity contribution in [3.05, 3.63) is 101 Å². The highest BCUT2D eigenvalue weighted by Gasteiger charge is 2.34. The first-order valence-corrected chi connectivity index (χ1v) is 10.6. The van der Waals surface area contributed by atoms with Crippen LogP contribution in [-0.2, 0) is 10.7 Å². The zero-order valence-corrected chi connectivity index (χ0v) is 18.1. The van der Waals surface area contributed by atoms with Gasteiger partial charge in [-0.1, -0.05) is 66.2 Å². The van der Waals surface area contributed by atoms with Crippen molar-refractivity contribution in [3.63, 3.8) is 0 Å². The van der Waals surface area contributed by atoms with Gasteiger partial charge in [0.1, 0.15) is 11.9 Å². The maximum Gasteiger partial charge on any atom is 0.317 e. The SMILES string of the molecule is O=C(O)CNCCCC(Oc1cccc(C(F)(F)c2ccc(Cl)cc2)c1)c1ccccc1. The number of benzene rings is 3. The largest absolute Gasteiger partial charge is 0.486 e. The molecule has 168 valence electrons. The second kappa shape index (κ2) is 11.1. The van der Waals surface area contributed by atoms with Crippen LogP contribution in [0.2, 0.25) is 5.02 Å². The number of nitrogens with one attached hydrogen (secondary N) is 1. The van der Waals surface area contributed by atoms with Gasteiger partial charge >= 0.3 is 5.97 Å². The Labute approximate surface area is 190 Å². The lowest BCUT2D eigenvalue weighted by molar-refractivity contribution is -0.135. The van der Waals surface area contributed by atoms with Crippen molar-refractivity contribution >= 4 is 17.6 Å². The Balaban J connectivity index is 1.76. The summed E-state index contributed by atoms with van der Waals surface area (Å²) in [5.74, 6) is -3.78. The third-order valence-corrected chi connectivity index (χ3v) is 5.20. The molecule has 32 heavy (non-hydrogen) atoms. The summed E-state index contributed by atoms with van der Waals surface area (Å²) >= 11 is 5.83. The van der Waals surface area contributed by atoms with E-state index < -0.39 is 11.9 Å².